The summed E-state index contributed by atoms with van der Waals surface area (Å²) in [6.07, 6.45) is 1.98. The molecule has 162 valence electrons. The van der Waals surface area contributed by atoms with Crippen molar-refractivity contribution in [2.24, 2.45) is 0 Å². The van der Waals surface area contributed by atoms with Crippen LogP contribution in [0.4, 0.5) is 17.1 Å². The monoisotopic (exact) mass is 426 g/mol. The SMILES string of the molecule is CCCCNC(=O)c1ccc(NC(=C2C(=O)Nc3ccc(N)cc32)c2ccccc2)cc1. The van der Waals surface area contributed by atoms with Crippen molar-refractivity contribution in [2.75, 3.05) is 22.9 Å². The second kappa shape index (κ2) is 9.39. The van der Waals surface area contributed by atoms with Crippen LogP contribution in [0.5, 0.6) is 0 Å². The van der Waals surface area contributed by atoms with Gasteiger partial charge in [0.05, 0.1) is 11.3 Å². The van der Waals surface area contributed by atoms with Crippen molar-refractivity contribution >= 4 is 40.1 Å². The number of unbranched alkanes of at least 4 members (excludes halogenated alkanes) is 1. The maximum absolute atomic E-state index is 12.9. The average Bonchev–Trinajstić information content (AvgIpc) is 3.13. The Hall–Kier alpha value is -4.06. The Morgan fingerprint density at radius 2 is 1.72 bits per heavy atom. The summed E-state index contributed by atoms with van der Waals surface area (Å²) in [6.45, 7) is 2.75. The zero-order valence-electron chi connectivity index (χ0n) is 17.9. The summed E-state index contributed by atoms with van der Waals surface area (Å²) in [7, 11) is 0. The van der Waals surface area contributed by atoms with Gasteiger partial charge in [-0.1, -0.05) is 43.7 Å². The lowest BCUT2D eigenvalue weighted by Crippen LogP contribution is -2.24. The predicted molar refractivity (Wildman–Crippen MR) is 130 cm³/mol. The molecule has 4 rings (SSSR count). The lowest BCUT2D eigenvalue weighted by Gasteiger charge is -2.15. The zero-order valence-corrected chi connectivity index (χ0v) is 17.9. The fourth-order valence-corrected chi connectivity index (χ4v) is 3.65. The third-order valence-corrected chi connectivity index (χ3v) is 5.33. The largest absolute Gasteiger partial charge is 0.399 e. The van der Waals surface area contributed by atoms with Gasteiger partial charge in [-0.05, 0) is 54.4 Å². The molecular formula is C26H26N4O2. The van der Waals surface area contributed by atoms with Gasteiger partial charge in [-0.3, -0.25) is 9.59 Å². The van der Waals surface area contributed by atoms with Gasteiger partial charge in [0.15, 0.2) is 0 Å². The molecule has 0 aromatic heterocycles. The first-order chi connectivity index (χ1) is 15.6. The van der Waals surface area contributed by atoms with Crippen LogP contribution in [0.2, 0.25) is 0 Å². The summed E-state index contributed by atoms with van der Waals surface area (Å²) in [6, 6.07) is 22.3. The molecule has 0 unspecified atom stereocenters. The number of anilines is 3. The highest BCUT2D eigenvalue weighted by Gasteiger charge is 2.28. The Labute approximate surface area is 187 Å². The maximum Gasteiger partial charge on any atom is 0.258 e. The van der Waals surface area contributed by atoms with E-state index in [2.05, 4.69) is 22.9 Å². The van der Waals surface area contributed by atoms with Crippen LogP contribution in [-0.4, -0.2) is 18.4 Å². The van der Waals surface area contributed by atoms with Gasteiger partial charge in [0.1, 0.15) is 0 Å². The van der Waals surface area contributed by atoms with Gasteiger partial charge in [-0.2, -0.15) is 0 Å². The molecule has 0 saturated heterocycles. The number of carbonyl (C=O) groups is 2. The number of hydrogen-bond acceptors (Lipinski definition) is 4. The van der Waals surface area contributed by atoms with Gasteiger partial charge in [0.2, 0.25) is 0 Å². The molecule has 2 amide bonds. The quantitative estimate of drug-likeness (QED) is 0.249. The summed E-state index contributed by atoms with van der Waals surface area (Å²) in [5.74, 6) is -0.282. The average molecular weight is 427 g/mol. The number of nitrogens with one attached hydrogen (secondary N) is 3. The molecule has 1 heterocycles. The van der Waals surface area contributed by atoms with E-state index in [1.807, 2.05) is 48.5 Å². The highest BCUT2D eigenvalue weighted by atomic mass is 16.2. The number of hydrogen-bond donors (Lipinski definition) is 4. The second-order valence-corrected chi connectivity index (χ2v) is 7.69. The summed E-state index contributed by atoms with van der Waals surface area (Å²) in [5, 5.41) is 9.23. The van der Waals surface area contributed by atoms with Gasteiger partial charge in [0, 0.05) is 34.7 Å². The molecule has 0 saturated carbocycles. The standard InChI is InChI=1S/C26H26N4O2/c1-2-3-15-28-25(31)18-9-12-20(13-10-18)29-24(17-7-5-4-6-8-17)23-21-16-19(27)11-14-22(21)30-26(23)32/h4-14,16,29H,2-3,15,27H2,1H3,(H,28,31)(H,30,32). The Bertz CT molecular complexity index is 1170. The van der Waals surface area contributed by atoms with Crippen molar-refractivity contribution in [3.8, 4) is 0 Å². The highest BCUT2D eigenvalue weighted by Crippen LogP contribution is 2.38. The van der Waals surface area contributed by atoms with Gasteiger partial charge in [-0.25, -0.2) is 0 Å². The van der Waals surface area contributed by atoms with E-state index in [4.69, 9.17) is 5.73 Å². The fraction of sp³-hybridized carbons (Fsp3) is 0.154. The van der Waals surface area contributed by atoms with Gasteiger partial charge >= 0.3 is 0 Å². The van der Waals surface area contributed by atoms with Crippen LogP contribution < -0.4 is 21.7 Å². The summed E-state index contributed by atoms with van der Waals surface area (Å²) >= 11 is 0. The van der Waals surface area contributed by atoms with Gasteiger partial charge < -0.3 is 21.7 Å². The van der Waals surface area contributed by atoms with E-state index in [9.17, 15) is 9.59 Å². The number of amides is 2. The zero-order chi connectivity index (χ0) is 22.5. The molecule has 1 aliphatic rings. The van der Waals surface area contributed by atoms with Crippen LogP contribution in [-0.2, 0) is 4.79 Å². The minimum absolute atomic E-state index is 0.0915. The first-order valence-corrected chi connectivity index (χ1v) is 10.7. The van der Waals surface area contributed by atoms with E-state index in [-0.39, 0.29) is 11.8 Å². The van der Waals surface area contributed by atoms with E-state index >= 15 is 0 Å². The second-order valence-electron chi connectivity index (χ2n) is 7.69. The predicted octanol–water partition coefficient (Wildman–Crippen LogP) is 4.73. The Morgan fingerprint density at radius 3 is 2.44 bits per heavy atom. The number of fused-ring (bicyclic) bond motifs is 1. The first kappa shape index (κ1) is 21.2. The minimum atomic E-state index is -0.191. The number of nitrogen functional groups attached to an aromatic ring is 1. The van der Waals surface area contributed by atoms with Crippen LogP contribution in [0, 0.1) is 0 Å². The number of rotatable bonds is 7. The molecule has 32 heavy (non-hydrogen) atoms. The molecule has 6 heteroatoms. The molecular weight excluding hydrogens is 400 g/mol. The molecule has 0 radical (unpaired) electrons. The molecule has 3 aromatic rings. The van der Waals surface area contributed by atoms with Crippen LogP contribution in [0.3, 0.4) is 0 Å². The summed E-state index contributed by atoms with van der Waals surface area (Å²) in [4.78, 5) is 25.2. The normalized spacial score (nSPS) is 13.8. The molecule has 5 N–H and O–H groups in total. The van der Waals surface area contributed by atoms with Crippen molar-refractivity contribution in [2.45, 2.75) is 19.8 Å². The van der Waals surface area contributed by atoms with Crippen molar-refractivity contribution in [3.05, 3.63) is 89.5 Å². The lowest BCUT2D eigenvalue weighted by atomic mass is 9.99. The minimum Gasteiger partial charge on any atom is -0.399 e. The third-order valence-electron chi connectivity index (χ3n) is 5.33. The fourth-order valence-electron chi connectivity index (χ4n) is 3.65. The third kappa shape index (κ3) is 4.49. The molecule has 0 atom stereocenters. The van der Waals surface area contributed by atoms with E-state index in [1.165, 1.54) is 0 Å². The molecule has 3 aromatic carbocycles. The van der Waals surface area contributed by atoms with Crippen LogP contribution in [0.25, 0.3) is 11.3 Å². The summed E-state index contributed by atoms with van der Waals surface area (Å²) < 4.78 is 0. The molecule has 0 bridgehead atoms. The molecule has 0 fully saturated rings. The molecule has 0 aliphatic carbocycles. The Kier molecular flexibility index (Phi) is 6.22. The van der Waals surface area contributed by atoms with Crippen molar-refractivity contribution in [1.29, 1.82) is 0 Å². The van der Waals surface area contributed by atoms with E-state index < -0.39 is 0 Å². The highest BCUT2D eigenvalue weighted by molar-refractivity contribution is 6.37. The Balaban J connectivity index is 1.69. The van der Waals surface area contributed by atoms with Crippen molar-refractivity contribution in [1.82, 2.24) is 5.32 Å². The number of nitrogens with two attached hydrogens (primary N) is 1. The van der Waals surface area contributed by atoms with Crippen LogP contribution in [0.1, 0.15) is 41.3 Å². The van der Waals surface area contributed by atoms with E-state index in [0.717, 1.165) is 35.3 Å². The smallest absolute Gasteiger partial charge is 0.258 e. The number of benzene rings is 3. The maximum atomic E-state index is 12.9. The number of carbonyl (C=O) groups excluding carboxylic acids is 2. The van der Waals surface area contributed by atoms with E-state index in [0.29, 0.717) is 29.1 Å². The lowest BCUT2D eigenvalue weighted by molar-refractivity contribution is -0.110. The van der Waals surface area contributed by atoms with Crippen LogP contribution >= 0.6 is 0 Å². The molecule has 1 aliphatic heterocycles. The topological polar surface area (TPSA) is 96.2 Å². The van der Waals surface area contributed by atoms with Gasteiger partial charge in [0.25, 0.3) is 11.8 Å². The Morgan fingerprint density at radius 1 is 0.969 bits per heavy atom. The van der Waals surface area contributed by atoms with Crippen molar-refractivity contribution < 1.29 is 9.59 Å². The van der Waals surface area contributed by atoms with Crippen molar-refractivity contribution in [3.63, 3.8) is 0 Å². The van der Waals surface area contributed by atoms with Crippen LogP contribution in [0.15, 0.2) is 72.8 Å². The van der Waals surface area contributed by atoms with E-state index in [1.54, 1.807) is 24.3 Å². The van der Waals surface area contributed by atoms with Gasteiger partial charge in [-0.15, -0.1) is 0 Å². The molecule has 6 nitrogen and oxygen atoms in total. The molecule has 0 spiro atoms. The summed E-state index contributed by atoms with van der Waals surface area (Å²) in [5.41, 5.74) is 11.5. The first-order valence-electron chi connectivity index (χ1n) is 10.7.